The van der Waals surface area contributed by atoms with E-state index in [1.165, 1.54) is 0 Å². The van der Waals surface area contributed by atoms with Crippen molar-refractivity contribution in [1.29, 1.82) is 0 Å². The molecule has 1 aliphatic rings. The van der Waals surface area contributed by atoms with E-state index < -0.39 is 5.76 Å². The Morgan fingerprint density at radius 3 is 2.69 bits per heavy atom. The van der Waals surface area contributed by atoms with Gasteiger partial charge in [-0.2, -0.15) is 0 Å². The summed E-state index contributed by atoms with van der Waals surface area (Å²) in [6.45, 7) is 2.82. The summed E-state index contributed by atoms with van der Waals surface area (Å²) in [6.07, 6.45) is 0.364. The molecule has 1 fully saturated rings. The van der Waals surface area contributed by atoms with E-state index in [9.17, 15) is 9.59 Å². The summed E-state index contributed by atoms with van der Waals surface area (Å²) in [5.41, 5.74) is 3.18. The van der Waals surface area contributed by atoms with Crippen molar-refractivity contribution in [2.75, 3.05) is 31.1 Å². The molecule has 0 atom stereocenters. The molecule has 2 heterocycles. The number of nitrogens with one attached hydrogen (secondary N) is 1. The monoisotopic (exact) mass is 371 g/mol. The maximum Gasteiger partial charge on any atom is 0.417 e. The number of hydrogen-bond donors (Lipinski definition) is 1. The molecule has 7 heteroatoms. The molecular weight excluding hydrogens is 354 g/mol. The SMILES string of the molecule is O=C(Cc1cccc(Cl)c1)N1CCN(c2ccc3oc(=O)[nH]c3c2)CC1. The van der Waals surface area contributed by atoms with Gasteiger partial charge in [0.1, 0.15) is 0 Å². The zero-order valence-corrected chi connectivity index (χ0v) is 14.8. The topological polar surface area (TPSA) is 69.6 Å². The van der Waals surface area contributed by atoms with Gasteiger partial charge in [0.2, 0.25) is 5.91 Å². The fourth-order valence-electron chi connectivity index (χ4n) is 3.28. The zero-order valence-electron chi connectivity index (χ0n) is 14.1. The van der Waals surface area contributed by atoms with Crippen molar-refractivity contribution < 1.29 is 9.21 Å². The zero-order chi connectivity index (χ0) is 18.1. The third kappa shape index (κ3) is 3.46. The van der Waals surface area contributed by atoms with E-state index in [0.29, 0.717) is 35.6 Å². The summed E-state index contributed by atoms with van der Waals surface area (Å²) in [6, 6.07) is 13.0. The lowest BCUT2D eigenvalue weighted by molar-refractivity contribution is -0.130. The van der Waals surface area contributed by atoms with Crippen LogP contribution in [0.4, 0.5) is 5.69 Å². The number of H-pyrrole nitrogens is 1. The van der Waals surface area contributed by atoms with Crippen molar-refractivity contribution in [3.8, 4) is 0 Å². The molecule has 0 saturated carbocycles. The number of carbonyl (C=O) groups excluding carboxylic acids is 1. The van der Waals surface area contributed by atoms with Crippen molar-refractivity contribution in [2.24, 2.45) is 0 Å². The van der Waals surface area contributed by atoms with Crippen LogP contribution >= 0.6 is 11.6 Å². The van der Waals surface area contributed by atoms with Crippen LogP contribution in [-0.2, 0) is 11.2 Å². The van der Waals surface area contributed by atoms with Gasteiger partial charge in [-0.15, -0.1) is 0 Å². The first-order valence-corrected chi connectivity index (χ1v) is 8.86. The average molecular weight is 372 g/mol. The van der Waals surface area contributed by atoms with Crippen molar-refractivity contribution in [2.45, 2.75) is 6.42 Å². The number of halogens is 1. The second kappa shape index (κ2) is 6.88. The van der Waals surface area contributed by atoms with Gasteiger partial charge in [0.05, 0.1) is 11.9 Å². The highest BCUT2D eigenvalue weighted by Gasteiger charge is 2.21. The quantitative estimate of drug-likeness (QED) is 0.768. The lowest BCUT2D eigenvalue weighted by Gasteiger charge is -2.36. The van der Waals surface area contributed by atoms with Crippen molar-refractivity contribution >= 4 is 34.3 Å². The van der Waals surface area contributed by atoms with Crippen LogP contribution in [0.5, 0.6) is 0 Å². The van der Waals surface area contributed by atoms with Crippen LogP contribution in [0.3, 0.4) is 0 Å². The van der Waals surface area contributed by atoms with Gasteiger partial charge < -0.3 is 14.2 Å². The van der Waals surface area contributed by atoms with Crippen LogP contribution in [-0.4, -0.2) is 42.0 Å². The lowest BCUT2D eigenvalue weighted by atomic mass is 10.1. The minimum absolute atomic E-state index is 0.113. The Kier molecular flexibility index (Phi) is 4.42. The molecule has 4 rings (SSSR count). The maximum atomic E-state index is 12.5. The van der Waals surface area contributed by atoms with Gasteiger partial charge in [0, 0.05) is 36.9 Å². The third-order valence-corrected chi connectivity index (χ3v) is 4.88. The molecule has 1 aromatic heterocycles. The summed E-state index contributed by atoms with van der Waals surface area (Å²) < 4.78 is 5.03. The van der Waals surface area contributed by atoms with E-state index in [1.54, 1.807) is 12.1 Å². The van der Waals surface area contributed by atoms with Crippen LogP contribution in [0.15, 0.2) is 51.7 Å². The van der Waals surface area contributed by atoms with Crippen LogP contribution in [0, 0.1) is 0 Å². The van der Waals surface area contributed by atoms with Crippen molar-refractivity contribution in [1.82, 2.24) is 9.88 Å². The lowest BCUT2D eigenvalue weighted by Crippen LogP contribution is -2.49. The van der Waals surface area contributed by atoms with Crippen LogP contribution in [0.2, 0.25) is 5.02 Å². The summed E-state index contributed by atoms with van der Waals surface area (Å²) >= 11 is 5.98. The van der Waals surface area contributed by atoms with E-state index in [4.69, 9.17) is 16.0 Å². The fourth-order valence-corrected chi connectivity index (χ4v) is 3.50. The molecule has 1 aliphatic heterocycles. The van der Waals surface area contributed by atoms with Crippen LogP contribution < -0.4 is 10.7 Å². The number of oxazole rings is 1. The molecular formula is C19H18ClN3O3. The number of piperazine rings is 1. The predicted octanol–water partition coefficient (Wildman–Crippen LogP) is 2.67. The molecule has 134 valence electrons. The van der Waals surface area contributed by atoms with Gasteiger partial charge >= 0.3 is 5.76 Å². The molecule has 1 amide bonds. The second-order valence-electron chi connectivity index (χ2n) is 6.37. The Morgan fingerprint density at radius 2 is 1.92 bits per heavy atom. The predicted molar refractivity (Wildman–Crippen MR) is 101 cm³/mol. The highest BCUT2D eigenvalue weighted by Crippen LogP contribution is 2.22. The third-order valence-electron chi connectivity index (χ3n) is 4.64. The fraction of sp³-hybridized carbons (Fsp3) is 0.263. The number of anilines is 1. The molecule has 3 aromatic rings. The number of amides is 1. The summed E-state index contributed by atoms with van der Waals surface area (Å²) in [7, 11) is 0. The summed E-state index contributed by atoms with van der Waals surface area (Å²) in [5.74, 6) is -0.338. The van der Waals surface area contributed by atoms with Crippen LogP contribution in [0.25, 0.3) is 11.1 Å². The molecule has 2 aromatic carbocycles. The van der Waals surface area contributed by atoms with Gasteiger partial charge in [-0.1, -0.05) is 23.7 Å². The molecule has 26 heavy (non-hydrogen) atoms. The summed E-state index contributed by atoms with van der Waals surface area (Å²) in [5, 5.41) is 0.646. The number of hydrogen-bond acceptors (Lipinski definition) is 4. The van der Waals surface area contributed by atoms with Crippen molar-refractivity contribution in [3.63, 3.8) is 0 Å². The Labute approximate surface area is 155 Å². The molecule has 0 spiro atoms. The van der Waals surface area contributed by atoms with Crippen LogP contribution in [0.1, 0.15) is 5.56 Å². The minimum atomic E-state index is -0.450. The van der Waals surface area contributed by atoms with Gasteiger partial charge in [-0.25, -0.2) is 4.79 Å². The standard InChI is InChI=1S/C19H18ClN3O3/c20-14-3-1-2-13(10-14)11-18(24)23-8-6-22(7-9-23)15-4-5-17-16(12-15)21-19(25)26-17/h1-5,10,12H,6-9,11H2,(H,21,25). The van der Waals surface area contributed by atoms with E-state index in [1.807, 2.05) is 35.2 Å². The molecule has 0 unspecified atom stereocenters. The first kappa shape index (κ1) is 16.7. The molecule has 1 saturated heterocycles. The number of nitrogens with zero attached hydrogens (tertiary/aromatic N) is 2. The number of aromatic nitrogens is 1. The number of fused-ring (bicyclic) bond motifs is 1. The van der Waals surface area contributed by atoms with Gasteiger partial charge in [-0.05, 0) is 35.9 Å². The van der Waals surface area contributed by atoms with Gasteiger partial charge in [-0.3, -0.25) is 9.78 Å². The average Bonchev–Trinajstić information content (AvgIpc) is 3.01. The minimum Gasteiger partial charge on any atom is -0.408 e. The Hall–Kier alpha value is -2.73. The number of carbonyl (C=O) groups is 1. The number of aromatic amines is 1. The smallest absolute Gasteiger partial charge is 0.408 e. The van der Waals surface area contributed by atoms with Crippen molar-refractivity contribution in [3.05, 3.63) is 63.6 Å². The van der Waals surface area contributed by atoms with E-state index in [2.05, 4.69) is 9.88 Å². The van der Waals surface area contributed by atoms with E-state index in [-0.39, 0.29) is 5.91 Å². The number of benzene rings is 2. The molecule has 1 N–H and O–H groups in total. The second-order valence-corrected chi connectivity index (χ2v) is 6.81. The molecule has 0 radical (unpaired) electrons. The van der Waals surface area contributed by atoms with Gasteiger partial charge in [0.25, 0.3) is 0 Å². The molecule has 0 aliphatic carbocycles. The maximum absolute atomic E-state index is 12.5. The normalized spacial score (nSPS) is 14.8. The highest BCUT2D eigenvalue weighted by molar-refractivity contribution is 6.30. The molecule has 0 bridgehead atoms. The summed E-state index contributed by atoms with van der Waals surface area (Å²) in [4.78, 5) is 30.5. The first-order valence-electron chi connectivity index (χ1n) is 8.48. The van der Waals surface area contributed by atoms with Gasteiger partial charge in [0.15, 0.2) is 5.58 Å². The molecule has 6 nitrogen and oxygen atoms in total. The Balaban J connectivity index is 1.39. The largest absolute Gasteiger partial charge is 0.417 e. The van der Waals surface area contributed by atoms with E-state index >= 15 is 0 Å². The Morgan fingerprint density at radius 1 is 1.12 bits per heavy atom. The first-order chi connectivity index (χ1) is 12.6. The Bertz CT molecular complexity index is 1000. The highest BCUT2D eigenvalue weighted by atomic mass is 35.5. The van der Waals surface area contributed by atoms with E-state index in [0.717, 1.165) is 24.3 Å². The number of rotatable bonds is 3.